The van der Waals surface area contributed by atoms with Crippen molar-refractivity contribution in [1.29, 1.82) is 0 Å². The van der Waals surface area contributed by atoms with Gasteiger partial charge in [0.1, 0.15) is 0 Å². The van der Waals surface area contributed by atoms with Crippen LogP contribution in [-0.4, -0.2) is 23.4 Å². The molecule has 0 radical (unpaired) electrons. The van der Waals surface area contributed by atoms with Crippen molar-refractivity contribution in [3.63, 3.8) is 0 Å². The summed E-state index contributed by atoms with van der Waals surface area (Å²) in [4.78, 5) is 15.6. The summed E-state index contributed by atoms with van der Waals surface area (Å²) >= 11 is 1.57. The molecule has 0 aromatic carbocycles. The number of nitrogens with zero attached hydrogens (tertiary/aromatic N) is 1. The number of piperidine rings is 1. The van der Waals surface area contributed by atoms with E-state index in [4.69, 9.17) is 0 Å². The van der Waals surface area contributed by atoms with Gasteiger partial charge in [0.2, 0.25) is 0 Å². The molecule has 0 bridgehead atoms. The van der Waals surface area contributed by atoms with Crippen LogP contribution in [0.25, 0.3) is 0 Å². The molecule has 0 N–H and O–H groups in total. The highest BCUT2D eigenvalue weighted by Crippen LogP contribution is 2.39. The van der Waals surface area contributed by atoms with Gasteiger partial charge >= 0.3 is 0 Å². The fraction of sp³-hybridized carbons (Fsp3) is 0.667. The van der Waals surface area contributed by atoms with Crippen LogP contribution in [0.2, 0.25) is 0 Å². The molecule has 1 aromatic heterocycles. The molecule has 98 valence electrons. The van der Waals surface area contributed by atoms with Gasteiger partial charge in [-0.25, -0.2) is 0 Å². The van der Waals surface area contributed by atoms with Gasteiger partial charge in [0.05, 0.1) is 4.88 Å². The van der Waals surface area contributed by atoms with Crippen molar-refractivity contribution in [3.05, 3.63) is 22.4 Å². The van der Waals surface area contributed by atoms with Crippen LogP contribution in [0.5, 0.6) is 0 Å². The molecule has 3 atom stereocenters. The molecule has 3 unspecified atom stereocenters. The van der Waals surface area contributed by atoms with E-state index in [0.717, 1.165) is 23.3 Å². The zero-order chi connectivity index (χ0) is 12.5. The predicted molar refractivity (Wildman–Crippen MR) is 74.9 cm³/mol. The molecule has 2 nitrogen and oxygen atoms in total. The Morgan fingerprint density at radius 2 is 2.17 bits per heavy atom. The summed E-state index contributed by atoms with van der Waals surface area (Å²) < 4.78 is 0. The van der Waals surface area contributed by atoms with Gasteiger partial charge in [-0.1, -0.05) is 25.8 Å². The van der Waals surface area contributed by atoms with Crippen LogP contribution >= 0.6 is 11.3 Å². The molecule has 3 heteroatoms. The number of amides is 1. The Bertz CT molecular complexity index is 414. The summed E-state index contributed by atoms with van der Waals surface area (Å²) in [6, 6.07) is 4.45. The fourth-order valence-corrected chi connectivity index (χ4v) is 4.39. The second-order valence-corrected chi connectivity index (χ2v) is 6.71. The lowest BCUT2D eigenvalue weighted by Crippen LogP contribution is -2.52. The van der Waals surface area contributed by atoms with Gasteiger partial charge in [-0.2, -0.15) is 0 Å². The molecule has 1 aliphatic carbocycles. The first-order valence-electron chi connectivity index (χ1n) is 7.12. The van der Waals surface area contributed by atoms with E-state index in [-0.39, 0.29) is 5.91 Å². The summed E-state index contributed by atoms with van der Waals surface area (Å²) in [6.45, 7) is 3.33. The number of carbonyl (C=O) groups is 1. The van der Waals surface area contributed by atoms with Gasteiger partial charge in [0.15, 0.2) is 0 Å². The third-order valence-electron chi connectivity index (χ3n) is 4.73. The monoisotopic (exact) mass is 263 g/mol. The Morgan fingerprint density at radius 1 is 1.33 bits per heavy atom. The van der Waals surface area contributed by atoms with Crippen LogP contribution in [0.1, 0.15) is 48.7 Å². The second-order valence-electron chi connectivity index (χ2n) is 5.76. The SMILES string of the molecule is CC1CCN(C(=O)c2cccs2)C2CCCCC12. The molecular weight excluding hydrogens is 242 g/mol. The van der Waals surface area contributed by atoms with Crippen molar-refractivity contribution < 1.29 is 4.79 Å². The minimum absolute atomic E-state index is 0.272. The van der Waals surface area contributed by atoms with Crippen LogP contribution in [-0.2, 0) is 0 Å². The largest absolute Gasteiger partial charge is 0.335 e. The normalized spacial score (nSPS) is 32.1. The summed E-state index contributed by atoms with van der Waals surface area (Å²) in [7, 11) is 0. The van der Waals surface area contributed by atoms with Crippen LogP contribution in [0.15, 0.2) is 17.5 Å². The lowest BCUT2D eigenvalue weighted by atomic mass is 9.72. The smallest absolute Gasteiger partial charge is 0.264 e. The maximum absolute atomic E-state index is 12.6. The molecule has 1 aliphatic heterocycles. The maximum Gasteiger partial charge on any atom is 0.264 e. The first kappa shape index (κ1) is 12.2. The summed E-state index contributed by atoms with van der Waals surface area (Å²) in [5.41, 5.74) is 0. The predicted octanol–water partition coefficient (Wildman–Crippen LogP) is 3.79. The Balaban J connectivity index is 1.81. The fourth-order valence-electron chi connectivity index (χ4n) is 3.71. The van der Waals surface area contributed by atoms with E-state index in [9.17, 15) is 4.79 Å². The molecule has 18 heavy (non-hydrogen) atoms. The van der Waals surface area contributed by atoms with Crippen molar-refractivity contribution in [2.45, 2.75) is 45.1 Å². The second kappa shape index (κ2) is 5.04. The maximum atomic E-state index is 12.6. The van der Waals surface area contributed by atoms with Crippen LogP contribution < -0.4 is 0 Å². The van der Waals surface area contributed by atoms with Gasteiger partial charge in [-0.15, -0.1) is 11.3 Å². The van der Waals surface area contributed by atoms with Gasteiger partial charge in [-0.05, 0) is 42.5 Å². The molecule has 3 rings (SSSR count). The van der Waals surface area contributed by atoms with Crippen molar-refractivity contribution >= 4 is 17.2 Å². The van der Waals surface area contributed by atoms with E-state index in [2.05, 4.69) is 11.8 Å². The highest BCUT2D eigenvalue weighted by atomic mass is 32.1. The number of hydrogen-bond acceptors (Lipinski definition) is 2. The molecule has 2 heterocycles. The van der Waals surface area contributed by atoms with Gasteiger partial charge < -0.3 is 4.90 Å². The lowest BCUT2D eigenvalue weighted by molar-refractivity contribution is 0.0221. The van der Waals surface area contributed by atoms with E-state index in [1.54, 1.807) is 11.3 Å². The average Bonchev–Trinajstić information content (AvgIpc) is 2.93. The minimum Gasteiger partial charge on any atom is -0.335 e. The molecular formula is C15H21NOS. The van der Waals surface area contributed by atoms with E-state index in [0.29, 0.717) is 6.04 Å². The third-order valence-corrected chi connectivity index (χ3v) is 5.59. The summed E-state index contributed by atoms with van der Waals surface area (Å²) in [6.07, 6.45) is 6.36. The van der Waals surface area contributed by atoms with E-state index in [1.165, 1.54) is 32.1 Å². The van der Waals surface area contributed by atoms with Crippen molar-refractivity contribution in [2.24, 2.45) is 11.8 Å². The molecule has 1 saturated carbocycles. The van der Waals surface area contributed by atoms with Crippen molar-refractivity contribution in [1.82, 2.24) is 4.90 Å². The number of rotatable bonds is 1. The summed E-state index contributed by atoms with van der Waals surface area (Å²) in [5, 5.41) is 2.00. The zero-order valence-electron chi connectivity index (χ0n) is 11.0. The number of carbonyl (C=O) groups excluding carboxylic acids is 1. The highest BCUT2D eigenvalue weighted by Gasteiger charge is 2.39. The molecule has 2 fully saturated rings. The molecule has 1 saturated heterocycles. The van der Waals surface area contributed by atoms with Crippen LogP contribution in [0, 0.1) is 11.8 Å². The first-order valence-corrected chi connectivity index (χ1v) is 8.00. The van der Waals surface area contributed by atoms with Gasteiger partial charge in [-0.3, -0.25) is 4.79 Å². The third kappa shape index (κ3) is 2.09. The number of fused-ring (bicyclic) bond motifs is 1. The Hall–Kier alpha value is -0.830. The Morgan fingerprint density at radius 3 is 2.94 bits per heavy atom. The topological polar surface area (TPSA) is 20.3 Å². The van der Waals surface area contributed by atoms with Crippen molar-refractivity contribution in [3.8, 4) is 0 Å². The highest BCUT2D eigenvalue weighted by molar-refractivity contribution is 7.12. The number of thiophene rings is 1. The number of hydrogen-bond donors (Lipinski definition) is 0. The molecule has 2 aliphatic rings. The van der Waals surface area contributed by atoms with E-state index in [1.807, 2.05) is 17.5 Å². The summed E-state index contributed by atoms with van der Waals surface area (Å²) in [5.74, 6) is 1.81. The average molecular weight is 263 g/mol. The molecule has 1 aromatic rings. The first-order chi connectivity index (χ1) is 8.77. The van der Waals surface area contributed by atoms with Gasteiger partial charge in [0, 0.05) is 12.6 Å². The quantitative estimate of drug-likeness (QED) is 0.755. The Labute approximate surface area is 113 Å². The number of likely N-dealkylation sites (tertiary alicyclic amines) is 1. The van der Waals surface area contributed by atoms with Crippen LogP contribution in [0.4, 0.5) is 0 Å². The standard InChI is InChI=1S/C15H21NOS/c1-11-8-9-16(13-6-3-2-5-12(11)13)15(17)14-7-4-10-18-14/h4,7,10-13H,2-3,5-6,8-9H2,1H3. The molecule has 0 spiro atoms. The minimum atomic E-state index is 0.272. The zero-order valence-corrected chi connectivity index (χ0v) is 11.8. The van der Waals surface area contributed by atoms with Crippen molar-refractivity contribution in [2.75, 3.05) is 6.54 Å². The van der Waals surface area contributed by atoms with E-state index < -0.39 is 0 Å². The van der Waals surface area contributed by atoms with Gasteiger partial charge in [0.25, 0.3) is 5.91 Å². The Kier molecular flexibility index (Phi) is 3.42. The lowest BCUT2D eigenvalue weighted by Gasteiger charge is -2.47. The molecule has 1 amide bonds. The van der Waals surface area contributed by atoms with E-state index >= 15 is 0 Å². The van der Waals surface area contributed by atoms with Crippen LogP contribution in [0.3, 0.4) is 0 Å².